The van der Waals surface area contributed by atoms with E-state index in [0.717, 1.165) is 40.7 Å². The van der Waals surface area contributed by atoms with Gasteiger partial charge in [0.05, 0.1) is 11.0 Å². The first-order chi connectivity index (χ1) is 20.4. The molecule has 212 valence electrons. The molecule has 0 spiro atoms. The van der Waals surface area contributed by atoms with Crippen molar-refractivity contribution in [3.63, 3.8) is 0 Å². The van der Waals surface area contributed by atoms with Crippen molar-refractivity contribution >= 4 is 11.6 Å². The van der Waals surface area contributed by atoms with Gasteiger partial charge in [-0.25, -0.2) is 4.39 Å². The molecule has 0 radical (unpaired) electrons. The zero-order valence-corrected chi connectivity index (χ0v) is 24.3. The number of aromatic hydroxyl groups is 1. The molecule has 0 aromatic heterocycles. The molecular formula is C38H36FNO2. The van der Waals surface area contributed by atoms with Gasteiger partial charge in [-0.2, -0.15) is 0 Å². The maximum Gasteiger partial charge on any atom is 0.259 e. The van der Waals surface area contributed by atoms with Crippen LogP contribution in [0.1, 0.15) is 69.1 Å². The minimum absolute atomic E-state index is 0.0169. The van der Waals surface area contributed by atoms with Gasteiger partial charge < -0.3 is 10.4 Å². The highest BCUT2D eigenvalue weighted by molar-refractivity contribution is 6.07. The van der Waals surface area contributed by atoms with Crippen LogP contribution in [0.2, 0.25) is 0 Å². The third-order valence-corrected chi connectivity index (χ3v) is 8.13. The molecule has 0 bridgehead atoms. The van der Waals surface area contributed by atoms with Crippen molar-refractivity contribution in [1.29, 1.82) is 0 Å². The predicted octanol–water partition coefficient (Wildman–Crippen LogP) is 9.13. The zero-order chi connectivity index (χ0) is 29.7. The molecule has 5 rings (SSSR count). The van der Waals surface area contributed by atoms with Crippen molar-refractivity contribution in [2.24, 2.45) is 0 Å². The van der Waals surface area contributed by atoms with Crippen LogP contribution in [0.25, 0.3) is 0 Å². The average Bonchev–Trinajstić information content (AvgIpc) is 3.02. The predicted molar refractivity (Wildman–Crippen MR) is 169 cm³/mol. The fourth-order valence-electron chi connectivity index (χ4n) is 5.91. The van der Waals surface area contributed by atoms with E-state index in [1.54, 1.807) is 0 Å². The highest BCUT2D eigenvalue weighted by Gasteiger charge is 2.38. The number of unbranched alkanes of at least 4 members (excludes halogenated alkanes) is 1. The van der Waals surface area contributed by atoms with Crippen LogP contribution in [0, 0.1) is 19.7 Å². The fourth-order valence-corrected chi connectivity index (χ4v) is 5.91. The molecule has 1 amide bonds. The molecular weight excluding hydrogens is 521 g/mol. The van der Waals surface area contributed by atoms with Gasteiger partial charge in [0.15, 0.2) is 0 Å². The van der Waals surface area contributed by atoms with E-state index in [9.17, 15) is 14.3 Å². The Bertz CT molecular complexity index is 1590. The summed E-state index contributed by atoms with van der Waals surface area (Å²) in [6, 6.07) is 38.7. The number of anilines is 1. The van der Waals surface area contributed by atoms with Crippen molar-refractivity contribution in [3.8, 4) is 5.75 Å². The molecule has 0 atom stereocenters. The Balaban J connectivity index is 1.61. The number of hydrogen-bond donors (Lipinski definition) is 2. The molecule has 0 saturated heterocycles. The van der Waals surface area contributed by atoms with Crippen molar-refractivity contribution < 1.29 is 14.3 Å². The molecule has 0 aliphatic rings. The van der Waals surface area contributed by atoms with E-state index in [-0.39, 0.29) is 16.9 Å². The maximum absolute atomic E-state index is 14.8. The quantitative estimate of drug-likeness (QED) is 0.178. The van der Waals surface area contributed by atoms with Gasteiger partial charge in [-0.1, -0.05) is 116 Å². The normalized spacial score (nSPS) is 11.3. The monoisotopic (exact) mass is 557 g/mol. The lowest BCUT2D eigenvalue weighted by molar-refractivity contribution is 0.102. The summed E-state index contributed by atoms with van der Waals surface area (Å²) in [6.45, 7) is 5.51. The minimum Gasteiger partial charge on any atom is -0.507 e. The van der Waals surface area contributed by atoms with Crippen LogP contribution in [-0.4, -0.2) is 11.0 Å². The topological polar surface area (TPSA) is 49.3 Å². The van der Waals surface area contributed by atoms with Gasteiger partial charge in [0.25, 0.3) is 5.91 Å². The van der Waals surface area contributed by atoms with Gasteiger partial charge in [0.2, 0.25) is 0 Å². The van der Waals surface area contributed by atoms with Crippen LogP contribution in [-0.2, 0) is 11.8 Å². The van der Waals surface area contributed by atoms with Crippen molar-refractivity contribution in [2.45, 2.75) is 45.4 Å². The zero-order valence-electron chi connectivity index (χ0n) is 24.3. The van der Waals surface area contributed by atoms with E-state index < -0.39 is 17.1 Å². The first-order valence-corrected chi connectivity index (χ1v) is 14.5. The number of aryl methyl sites for hydroxylation is 2. The molecule has 4 heteroatoms. The summed E-state index contributed by atoms with van der Waals surface area (Å²) < 4.78 is 14.8. The number of benzene rings is 5. The second-order valence-corrected chi connectivity index (χ2v) is 10.8. The summed E-state index contributed by atoms with van der Waals surface area (Å²) in [6.07, 6.45) is 2.20. The van der Waals surface area contributed by atoms with Gasteiger partial charge in [-0.15, -0.1) is 0 Å². The van der Waals surface area contributed by atoms with Crippen LogP contribution in [0.3, 0.4) is 0 Å². The molecule has 0 aliphatic carbocycles. The summed E-state index contributed by atoms with van der Waals surface area (Å²) in [5.74, 6) is -1.17. The molecule has 0 unspecified atom stereocenters. The molecule has 5 aromatic rings. The summed E-state index contributed by atoms with van der Waals surface area (Å²) in [4.78, 5) is 13.5. The number of rotatable bonds is 9. The Hall–Kier alpha value is -4.70. The SMILES string of the molecule is CCCCc1cc(F)c(C)c(C(=O)Nc2ccc(C(c3ccccc3)(c3ccccc3)c3ccccc3)cc2C)c1O. The molecule has 42 heavy (non-hydrogen) atoms. The number of amides is 1. The Morgan fingerprint density at radius 3 is 1.76 bits per heavy atom. The standard InChI is InChI=1S/C38H36FNO2/c1-4-5-15-28-25-33(39)27(3)35(36(28)41)37(42)40-34-23-22-32(24-26(34)2)38(29-16-9-6-10-17-29,30-18-11-7-12-19-30)31-20-13-8-14-21-31/h6-14,16-25,41H,4-5,15H2,1-3H3,(H,40,42). The van der Waals surface area contributed by atoms with Crippen molar-refractivity contribution in [2.75, 3.05) is 5.32 Å². The molecule has 0 fully saturated rings. The van der Waals surface area contributed by atoms with Gasteiger partial charge in [0, 0.05) is 11.3 Å². The summed E-state index contributed by atoms with van der Waals surface area (Å²) in [5, 5.41) is 13.9. The van der Waals surface area contributed by atoms with Crippen LogP contribution < -0.4 is 5.32 Å². The number of halogens is 1. The Labute approximate surface area is 247 Å². The lowest BCUT2D eigenvalue weighted by Crippen LogP contribution is -2.31. The Morgan fingerprint density at radius 1 is 0.762 bits per heavy atom. The molecule has 2 N–H and O–H groups in total. The van der Waals surface area contributed by atoms with Gasteiger partial charge in [0.1, 0.15) is 11.6 Å². The average molecular weight is 558 g/mol. The number of phenols is 1. The smallest absolute Gasteiger partial charge is 0.259 e. The third kappa shape index (κ3) is 5.33. The molecule has 0 saturated carbocycles. The van der Waals surface area contributed by atoms with Crippen LogP contribution >= 0.6 is 0 Å². The number of phenolic OH excluding ortho intramolecular Hbond substituents is 1. The first kappa shape index (κ1) is 28.8. The Kier molecular flexibility index (Phi) is 8.53. The van der Waals surface area contributed by atoms with E-state index in [1.807, 2.05) is 44.2 Å². The highest BCUT2D eigenvalue weighted by Crippen LogP contribution is 2.45. The van der Waals surface area contributed by atoms with Gasteiger partial charge in [-0.3, -0.25) is 4.79 Å². The molecule has 5 aromatic carbocycles. The highest BCUT2D eigenvalue weighted by atomic mass is 19.1. The van der Waals surface area contributed by atoms with Crippen LogP contribution in [0.15, 0.2) is 115 Å². The largest absolute Gasteiger partial charge is 0.507 e. The third-order valence-electron chi connectivity index (χ3n) is 8.13. The number of carbonyl (C=O) groups is 1. The first-order valence-electron chi connectivity index (χ1n) is 14.5. The van der Waals surface area contributed by atoms with E-state index in [2.05, 4.69) is 84.2 Å². The summed E-state index contributed by atoms with van der Waals surface area (Å²) in [5.41, 5.74) is 5.84. The van der Waals surface area contributed by atoms with E-state index in [1.165, 1.54) is 13.0 Å². The summed E-state index contributed by atoms with van der Waals surface area (Å²) in [7, 11) is 0. The molecule has 3 nitrogen and oxygen atoms in total. The van der Waals surface area contributed by atoms with Crippen molar-refractivity contribution in [3.05, 3.63) is 166 Å². The minimum atomic E-state index is -0.608. The van der Waals surface area contributed by atoms with Crippen LogP contribution in [0.5, 0.6) is 5.75 Å². The second kappa shape index (κ2) is 12.4. The number of carbonyl (C=O) groups excluding carboxylic acids is 1. The van der Waals surface area contributed by atoms with Crippen LogP contribution in [0.4, 0.5) is 10.1 Å². The number of hydrogen-bond acceptors (Lipinski definition) is 2. The lowest BCUT2D eigenvalue weighted by atomic mass is 9.65. The number of nitrogens with one attached hydrogen (secondary N) is 1. The molecule has 0 heterocycles. The second-order valence-electron chi connectivity index (χ2n) is 10.8. The lowest BCUT2D eigenvalue weighted by Gasteiger charge is -2.37. The summed E-state index contributed by atoms with van der Waals surface area (Å²) >= 11 is 0. The fraction of sp³-hybridized carbons (Fsp3) is 0.184. The Morgan fingerprint density at radius 2 is 1.29 bits per heavy atom. The molecule has 0 aliphatic heterocycles. The van der Waals surface area contributed by atoms with E-state index in [0.29, 0.717) is 17.7 Å². The maximum atomic E-state index is 14.8. The van der Waals surface area contributed by atoms with Gasteiger partial charge >= 0.3 is 0 Å². The van der Waals surface area contributed by atoms with E-state index in [4.69, 9.17) is 0 Å². The van der Waals surface area contributed by atoms with E-state index >= 15 is 0 Å². The van der Waals surface area contributed by atoms with Crippen molar-refractivity contribution in [1.82, 2.24) is 0 Å². The van der Waals surface area contributed by atoms with Gasteiger partial charge in [-0.05, 0) is 72.2 Å².